The molecule has 0 spiro atoms. The Morgan fingerprint density at radius 2 is 2.00 bits per heavy atom. The van der Waals surface area contributed by atoms with Gasteiger partial charge in [0, 0.05) is 11.2 Å². The first-order chi connectivity index (χ1) is 10.6. The van der Waals surface area contributed by atoms with Crippen LogP contribution in [0, 0.1) is 6.92 Å². The van der Waals surface area contributed by atoms with Gasteiger partial charge < -0.3 is 10.6 Å². The summed E-state index contributed by atoms with van der Waals surface area (Å²) in [4.78, 5) is 30.3. The average Bonchev–Trinajstić information content (AvgIpc) is 2.45. The minimum absolute atomic E-state index is 0.0826. The van der Waals surface area contributed by atoms with Gasteiger partial charge in [0.15, 0.2) is 0 Å². The molecule has 1 heterocycles. The lowest BCUT2D eigenvalue weighted by Crippen LogP contribution is -2.52. The number of carbonyl (C=O) groups excluding carboxylic acids is 2. The smallest absolute Gasteiger partial charge is 0.239 e. The molecule has 0 saturated carbocycles. The molecule has 0 unspecified atom stereocenters. The lowest BCUT2D eigenvalue weighted by Gasteiger charge is -2.29. The van der Waals surface area contributed by atoms with Gasteiger partial charge in [-0.15, -0.1) is 0 Å². The zero-order valence-corrected chi connectivity index (χ0v) is 14.9. The van der Waals surface area contributed by atoms with Gasteiger partial charge in [-0.25, -0.2) is 4.98 Å². The number of amides is 2. The molecule has 0 saturated heterocycles. The molecule has 0 aromatic carbocycles. The summed E-state index contributed by atoms with van der Waals surface area (Å²) in [5.74, 6) is 0.244. The van der Waals surface area contributed by atoms with Crippen molar-refractivity contribution in [1.82, 2.24) is 15.2 Å². The molecular formula is C17H28N4O2. The van der Waals surface area contributed by atoms with Gasteiger partial charge in [0.1, 0.15) is 5.82 Å². The largest absolute Gasteiger partial charge is 0.350 e. The van der Waals surface area contributed by atoms with E-state index in [-0.39, 0.29) is 23.9 Å². The average molecular weight is 320 g/mol. The van der Waals surface area contributed by atoms with Gasteiger partial charge in [-0.2, -0.15) is 0 Å². The molecule has 0 fully saturated rings. The monoisotopic (exact) mass is 320 g/mol. The molecule has 6 nitrogen and oxygen atoms in total. The van der Waals surface area contributed by atoms with Crippen LogP contribution in [0.4, 0.5) is 5.82 Å². The van der Waals surface area contributed by atoms with Crippen LogP contribution in [-0.2, 0) is 9.59 Å². The van der Waals surface area contributed by atoms with E-state index in [1.165, 1.54) is 0 Å². The van der Waals surface area contributed by atoms with Crippen molar-refractivity contribution in [3.63, 3.8) is 0 Å². The Kier molecular flexibility index (Phi) is 6.69. The highest BCUT2D eigenvalue weighted by Gasteiger charge is 2.25. The first-order valence-electron chi connectivity index (χ1n) is 7.90. The topological polar surface area (TPSA) is 74.3 Å². The van der Waals surface area contributed by atoms with Gasteiger partial charge in [-0.1, -0.05) is 13.0 Å². The standard InChI is InChI=1S/C17H28N4O2/c1-7-17(4,5)20-16(23)13(3)21(6)11-15(22)19-14-10-8-9-12(2)18-14/h8-10,13H,7,11H2,1-6H3,(H,20,23)(H,18,19,22)/t13-/m1/s1. The molecular weight excluding hydrogens is 292 g/mol. The highest BCUT2D eigenvalue weighted by Crippen LogP contribution is 2.09. The Balaban J connectivity index is 2.55. The Bertz CT molecular complexity index is 557. The molecule has 23 heavy (non-hydrogen) atoms. The van der Waals surface area contributed by atoms with E-state index in [0.29, 0.717) is 5.82 Å². The van der Waals surface area contributed by atoms with E-state index in [1.807, 2.05) is 39.8 Å². The summed E-state index contributed by atoms with van der Waals surface area (Å²) in [7, 11) is 1.76. The summed E-state index contributed by atoms with van der Waals surface area (Å²) < 4.78 is 0. The summed E-state index contributed by atoms with van der Waals surface area (Å²) in [5.41, 5.74) is 0.589. The molecule has 1 aromatic heterocycles. The fourth-order valence-corrected chi connectivity index (χ4v) is 1.88. The minimum atomic E-state index is -0.392. The summed E-state index contributed by atoms with van der Waals surface area (Å²) >= 11 is 0. The molecule has 2 amide bonds. The van der Waals surface area contributed by atoms with Crippen molar-refractivity contribution in [2.24, 2.45) is 0 Å². The number of likely N-dealkylation sites (N-methyl/N-ethyl adjacent to an activating group) is 1. The van der Waals surface area contributed by atoms with Crippen LogP contribution < -0.4 is 10.6 Å². The third kappa shape index (κ3) is 6.36. The Labute approximate surface area is 138 Å². The van der Waals surface area contributed by atoms with E-state index in [1.54, 1.807) is 24.9 Å². The van der Waals surface area contributed by atoms with E-state index < -0.39 is 6.04 Å². The van der Waals surface area contributed by atoms with E-state index in [9.17, 15) is 9.59 Å². The Hall–Kier alpha value is -1.95. The lowest BCUT2D eigenvalue weighted by molar-refractivity contribution is -0.128. The van der Waals surface area contributed by atoms with Gasteiger partial charge in [-0.3, -0.25) is 14.5 Å². The van der Waals surface area contributed by atoms with Gasteiger partial charge in [0.2, 0.25) is 11.8 Å². The Morgan fingerprint density at radius 3 is 2.57 bits per heavy atom. The van der Waals surface area contributed by atoms with Crippen molar-refractivity contribution in [2.75, 3.05) is 18.9 Å². The van der Waals surface area contributed by atoms with Crippen molar-refractivity contribution in [1.29, 1.82) is 0 Å². The van der Waals surface area contributed by atoms with Crippen LogP contribution in [0.25, 0.3) is 0 Å². The number of pyridine rings is 1. The molecule has 0 aliphatic carbocycles. The number of hydrogen-bond acceptors (Lipinski definition) is 4. The molecule has 1 atom stereocenters. The van der Waals surface area contributed by atoms with Crippen LogP contribution >= 0.6 is 0 Å². The molecule has 1 aromatic rings. The first-order valence-corrected chi connectivity index (χ1v) is 7.90. The zero-order chi connectivity index (χ0) is 17.6. The van der Waals surface area contributed by atoms with Gasteiger partial charge >= 0.3 is 0 Å². The molecule has 6 heteroatoms. The number of nitrogens with one attached hydrogen (secondary N) is 2. The number of aromatic nitrogens is 1. The third-order valence-electron chi connectivity index (χ3n) is 3.93. The van der Waals surface area contributed by atoms with Gasteiger partial charge in [-0.05, 0) is 53.3 Å². The molecule has 128 valence electrons. The summed E-state index contributed by atoms with van der Waals surface area (Å²) in [6.45, 7) is 9.76. The molecule has 0 radical (unpaired) electrons. The summed E-state index contributed by atoms with van der Waals surface area (Å²) in [5, 5.41) is 5.74. The minimum Gasteiger partial charge on any atom is -0.350 e. The second-order valence-electron chi connectivity index (χ2n) is 6.53. The van der Waals surface area contributed by atoms with E-state index >= 15 is 0 Å². The molecule has 1 rings (SSSR count). The SMILES string of the molecule is CCC(C)(C)NC(=O)[C@@H](C)N(C)CC(=O)Nc1cccc(C)n1. The normalized spacial score (nSPS) is 12.8. The number of rotatable bonds is 7. The van der Waals surface area contributed by atoms with Crippen molar-refractivity contribution < 1.29 is 9.59 Å². The van der Waals surface area contributed by atoms with Crippen molar-refractivity contribution in [3.05, 3.63) is 23.9 Å². The van der Waals surface area contributed by atoms with Crippen LogP contribution in [0.3, 0.4) is 0 Å². The van der Waals surface area contributed by atoms with E-state index in [2.05, 4.69) is 15.6 Å². The van der Waals surface area contributed by atoms with Crippen molar-refractivity contribution >= 4 is 17.6 Å². The molecule has 2 N–H and O–H groups in total. The van der Waals surface area contributed by atoms with Crippen molar-refractivity contribution in [2.45, 2.75) is 52.6 Å². The highest BCUT2D eigenvalue weighted by molar-refractivity contribution is 5.92. The number of aryl methyl sites for hydroxylation is 1. The van der Waals surface area contributed by atoms with Crippen molar-refractivity contribution in [3.8, 4) is 0 Å². The fraction of sp³-hybridized carbons (Fsp3) is 0.588. The van der Waals surface area contributed by atoms with Gasteiger partial charge in [0.05, 0.1) is 12.6 Å². The fourth-order valence-electron chi connectivity index (χ4n) is 1.88. The predicted octanol–water partition coefficient (Wildman–Crippen LogP) is 1.95. The predicted molar refractivity (Wildman–Crippen MR) is 92.2 cm³/mol. The van der Waals surface area contributed by atoms with Crippen LogP contribution in [-0.4, -0.2) is 46.9 Å². The maximum absolute atomic E-state index is 12.2. The maximum atomic E-state index is 12.2. The van der Waals surface area contributed by atoms with Gasteiger partial charge in [0.25, 0.3) is 0 Å². The second-order valence-corrected chi connectivity index (χ2v) is 6.53. The lowest BCUT2D eigenvalue weighted by atomic mass is 10.0. The van der Waals surface area contributed by atoms with E-state index in [4.69, 9.17) is 0 Å². The number of anilines is 1. The molecule has 0 aliphatic heterocycles. The maximum Gasteiger partial charge on any atom is 0.239 e. The number of hydrogen-bond donors (Lipinski definition) is 2. The third-order valence-corrected chi connectivity index (χ3v) is 3.93. The van der Waals surface area contributed by atoms with E-state index in [0.717, 1.165) is 12.1 Å². The van der Waals surface area contributed by atoms with Crippen LogP contribution in [0.5, 0.6) is 0 Å². The molecule has 0 bridgehead atoms. The highest BCUT2D eigenvalue weighted by atomic mass is 16.2. The summed E-state index contributed by atoms with van der Waals surface area (Å²) in [6, 6.07) is 5.05. The Morgan fingerprint density at radius 1 is 1.35 bits per heavy atom. The second kappa shape index (κ2) is 8.06. The number of carbonyl (C=O) groups is 2. The number of nitrogens with zero attached hydrogens (tertiary/aromatic N) is 2. The van der Waals surface area contributed by atoms with Crippen LogP contribution in [0.1, 0.15) is 39.8 Å². The first kappa shape index (κ1) is 19.1. The quantitative estimate of drug-likeness (QED) is 0.805. The van der Waals surface area contributed by atoms with Crippen LogP contribution in [0.2, 0.25) is 0 Å². The summed E-state index contributed by atoms with van der Waals surface area (Å²) in [6.07, 6.45) is 0.842. The van der Waals surface area contributed by atoms with Crippen LogP contribution in [0.15, 0.2) is 18.2 Å². The molecule has 0 aliphatic rings. The zero-order valence-electron chi connectivity index (χ0n) is 14.9.